The lowest BCUT2D eigenvalue weighted by atomic mass is 10.3. The van der Waals surface area contributed by atoms with Crippen LogP contribution in [0.4, 0.5) is 11.4 Å². The predicted molar refractivity (Wildman–Crippen MR) is 56.8 cm³/mol. The molecule has 0 aliphatic rings. The smallest absolute Gasteiger partial charge is 0.0922 e. The first-order chi connectivity index (χ1) is 6.84. The van der Waals surface area contributed by atoms with Crippen molar-refractivity contribution in [2.24, 2.45) is 0 Å². The Labute approximate surface area is 82.2 Å². The fraction of sp³-hybridized carbons (Fsp3) is 0.100. The standard InChI is InChI=1S/C10H12N4/c11-8-1-3-9(4-2-8)13-6-10-5-12-7-14-10/h1-5,7,13H,6,11H2,(H,12,14). The summed E-state index contributed by atoms with van der Waals surface area (Å²) in [5.74, 6) is 0. The minimum Gasteiger partial charge on any atom is -0.399 e. The van der Waals surface area contributed by atoms with Crippen molar-refractivity contribution in [3.8, 4) is 0 Å². The molecule has 72 valence electrons. The van der Waals surface area contributed by atoms with E-state index in [2.05, 4.69) is 15.3 Å². The Morgan fingerprint density at radius 2 is 2.07 bits per heavy atom. The second-order valence-corrected chi connectivity index (χ2v) is 3.05. The van der Waals surface area contributed by atoms with Gasteiger partial charge in [0.15, 0.2) is 0 Å². The summed E-state index contributed by atoms with van der Waals surface area (Å²) in [4.78, 5) is 6.95. The number of nitrogen functional groups attached to an aromatic ring is 1. The van der Waals surface area contributed by atoms with Gasteiger partial charge in [0.05, 0.1) is 18.6 Å². The average molecular weight is 188 g/mol. The van der Waals surface area contributed by atoms with Crippen molar-refractivity contribution >= 4 is 11.4 Å². The van der Waals surface area contributed by atoms with E-state index >= 15 is 0 Å². The Kier molecular flexibility index (Phi) is 2.36. The number of rotatable bonds is 3. The second-order valence-electron chi connectivity index (χ2n) is 3.05. The molecule has 1 aromatic carbocycles. The zero-order chi connectivity index (χ0) is 9.80. The molecule has 14 heavy (non-hydrogen) atoms. The lowest BCUT2D eigenvalue weighted by Crippen LogP contribution is -1.99. The molecule has 0 spiro atoms. The molecule has 1 aromatic heterocycles. The number of anilines is 2. The highest BCUT2D eigenvalue weighted by molar-refractivity contribution is 5.51. The summed E-state index contributed by atoms with van der Waals surface area (Å²) < 4.78 is 0. The van der Waals surface area contributed by atoms with Crippen LogP contribution in [0.15, 0.2) is 36.8 Å². The van der Waals surface area contributed by atoms with E-state index in [1.807, 2.05) is 24.3 Å². The minimum atomic E-state index is 0.740. The summed E-state index contributed by atoms with van der Waals surface area (Å²) in [6.45, 7) is 0.740. The third-order valence-corrected chi connectivity index (χ3v) is 1.95. The van der Waals surface area contributed by atoms with Crippen LogP contribution < -0.4 is 11.1 Å². The van der Waals surface area contributed by atoms with Crippen LogP contribution in [0, 0.1) is 0 Å². The molecule has 4 N–H and O–H groups in total. The SMILES string of the molecule is Nc1ccc(NCc2cnc[nH]2)cc1. The molecule has 4 heteroatoms. The van der Waals surface area contributed by atoms with Crippen LogP contribution in [0.1, 0.15) is 5.69 Å². The van der Waals surface area contributed by atoms with Gasteiger partial charge in [-0.1, -0.05) is 0 Å². The first kappa shape index (κ1) is 8.62. The number of nitrogens with zero attached hydrogens (tertiary/aromatic N) is 1. The molecule has 4 nitrogen and oxygen atoms in total. The van der Waals surface area contributed by atoms with E-state index in [1.54, 1.807) is 12.5 Å². The van der Waals surface area contributed by atoms with E-state index in [-0.39, 0.29) is 0 Å². The number of H-pyrrole nitrogens is 1. The zero-order valence-electron chi connectivity index (χ0n) is 7.70. The minimum absolute atomic E-state index is 0.740. The molecule has 0 amide bonds. The molecule has 0 atom stereocenters. The monoisotopic (exact) mass is 188 g/mol. The van der Waals surface area contributed by atoms with Crippen LogP contribution >= 0.6 is 0 Å². The largest absolute Gasteiger partial charge is 0.399 e. The van der Waals surface area contributed by atoms with E-state index in [4.69, 9.17) is 5.73 Å². The molecule has 2 rings (SSSR count). The maximum Gasteiger partial charge on any atom is 0.0922 e. The van der Waals surface area contributed by atoms with Gasteiger partial charge in [0.1, 0.15) is 0 Å². The lowest BCUT2D eigenvalue weighted by molar-refractivity contribution is 1.07. The molecule has 0 aliphatic heterocycles. The third kappa shape index (κ3) is 2.04. The van der Waals surface area contributed by atoms with Crippen molar-refractivity contribution < 1.29 is 0 Å². The van der Waals surface area contributed by atoms with Gasteiger partial charge in [0.2, 0.25) is 0 Å². The summed E-state index contributed by atoms with van der Waals surface area (Å²) in [6.07, 6.45) is 3.46. The second kappa shape index (κ2) is 3.83. The Morgan fingerprint density at radius 1 is 1.29 bits per heavy atom. The highest BCUT2D eigenvalue weighted by Crippen LogP contribution is 2.11. The van der Waals surface area contributed by atoms with Gasteiger partial charge in [0, 0.05) is 17.6 Å². The van der Waals surface area contributed by atoms with Gasteiger partial charge in [0.25, 0.3) is 0 Å². The topological polar surface area (TPSA) is 66.7 Å². The molecule has 2 aromatic rings. The normalized spacial score (nSPS) is 10.0. The Bertz CT molecular complexity index is 377. The fourth-order valence-electron chi connectivity index (χ4n) is 1.18. The highest BCUT2D eigenvalue weighted by Gasteiger charge is 1.93. The van der Waals surface area contributed by atoms with E-state index in [1.165, 1.54) is 0 Å². The van der Waals surface area contributed by atoms with Crippen LogP contribution in [0.5, 0.6) is 0 Å². The molecule has 0 aliphatic carbocycles. The summed E-state index contributed by atoms with van der Waals surface area (Å²) >= 11 is 0. The molecular weight excluding hydrogens is 176 g/mol. The van der Waals surface area contributed by atoms with E-state index in [9.17, 15) is 0 Å². The molecule has 0 saturated carbocycles. The highest BCUT2D eigenvalue weighted by atomic mass is 14.9. The number of aromatic nitrogens is 2. The van der Waals surface area contributed by atoms with Crippen molar-refractivity contribution in [2.75, 3.05) is 11.1 Å². The van der Waals surface area contributed by atoms with Crippen molar-refractivity contribution in [3.63, 3.8) is 0 Å². The van der Waals surface area contributed by atoms with Gasteiger partial charge in [-0.2, -0.15) is 0 Å². The van der Waals surface area contributed by atoms with Crippen molar-refractivity contribution in [1.82, 2.24) is 9.97 Å². The molecular formula is C10H12N4. The Hall–Kier alpha value is -1.97. The van der Waals surface area contributed by atoms with Crippen LogP contribution in [-0.4, -0.2) is 9.97 Å². The number of hydrogen-bond acceptors (Lipinski definition) is 3. The van der Waals surface area contributed by atoms with Crippen LogP contribution in [-0.2, 0) is 6.54 Å². The number of benzene rings is 1. The van der Waals surface area contributed by atoms with Crippen molar-refractivity contribution in [1.29, 1.82) is 0 Å². The van der Waals surface area contributed by atoms with Gasteiger partial charge >= 0.3 is 0 Å². The van der Waals surface area contributed by atoms with Gasteiger partial charge in [-0.3, -0.25) is 0 Å². The first-order valence-electron chi connectivity index (χ1n) is 4.41. The van der Waals surface area contributed by atoms with Crippen LogP contribution in [0.3, 0.4) is 0 Å². The Balaban J connectivity index is 1.95. The third-order valence-electron chi connectivity index (χ3n) is 1.95. The number of nitrogens with one attached hydrogen (secondary N) is 2. The van der Waals surface area contributed by atoms with E-state index in [0.29, 0.717) is 0 Å². The van der Waals surface area contributed by atoms with Crippen LogP contribution in [0.2, 0.25) is 0 Å². The molecule has 0 radical (unpaired) electrons. The number of nitrogens with two attached hydrogens (primary N) is 1. The number of aromatic amines is 1. The van der Waals surface area contributed by atoms with E-state index in [0.717, 1.165) is 23.6 Å². The summed E-state index contributed by atoms with van der Waals surface area (Å²) in [5, 5.41) is 3.25. The van der Waals surface area contributed by atoms with E-state index < -0.39 is 0 Å². The fourth-order valence-corrected chi connectivity index (χ4v) is 1.18. The molecule has 0 bridgehead atoms. The molecule has 0 unspecified atom stereocenters. The van der Waals surface area contributed by atoms with Gasteiger partial charge < -0.3 is 16.0 Å². The molecule has 0 fully saturated rings. The molecule has 1 heterocycles. The number of hydrogen-bond donors (Lipinski definition) is 3. The average Bonchev–Trinajstić information content (AvgIpc) is 2.70. The van der Waals surface area contributed by atoms with Gasteiger partial charge in [-0.25, -0.2) is 4.98 Å². The Morgan fingerprint density at radius 3 is 2.71 bits per heavy atom. The first-order valence-corrected chi connectivity index (χ1v) is 4.41. The summed E-state index contributed by atoms with van der Waals surface area (Å²) in [6, 6.07) is 7.64. The quantitative estimate of drug-likeness (QED) is 0.641. The maximum atomic E-state index is 5.57. The zero-order valence-corrected chi connectivity index (χ0v) is 7.70. The maximum absolute atomic E-state index is 5.57. The van der Waals surface area contributed by atoms with Gasteiger partial charge in [-0.05, 0) is 24.3 Å². The van der Waals surface area contributed by atoms with Crippen molar-refractivity contribution in [3.05, 3.63) is 42.5 Å². The summed E-state index contributed by atoms with van der Waals surface area (Å²) in [5.41, 5.74) is 8.46. The predicted octanol–water partition coefficient (Wildman–Crippen LogP) is 1.60. The van der Waals surface area contributed by atoms with Crippen molar-refractivity contribution in [2.45, 2.75) is 6.54 Å². The number of imidazole rings is 1. The van der Waals surface area contributed by atoms with Crippen LogP contribution in [0.25, 0.3) is 0 Å². The molecule has 0 saturated heterocycles. The summed E-state index contributed by atoms with van der Waals surface area (Å²) in [7, 11) is 0. The lowest BCUT2D eigenvalue weighted by Gasteiger charge is -2.04. The van der Waals surface area contributed by atoms with Gasteiger partial charge in [-0.15, -0.1) is 0 Å².